The van der Waals surface area contributed by atoms with E-state index in [4.69, 9.17) is 21.1 Å². The first-order valence-electron chi connectivity index (χ1n) is 9.98. The van der Waals surface area contributed by atoms with Crippen molar-refractivity contribution in [3.63, 3.8) is 0 Å². The zero-order valence-corrected chi connectivity index (χ0v) is 20.2. The lowest BCUT2D eigenvalue weighted by atomic mass is 10.0. The molecule has 9 heteroatoms. The van der Waals surface area contributed by atoms with Crippen LogP contribution in [0.5, 0.6) is 0 Å². The highest BCUT2D eigenvalue weighted by Crippen LogP contribution is 2.30. The molecule has 2 heterocycles. The first-order valence-corrected chi connectivity index (χ1v) is 9.98. The topological polar surface area (TPSA) is 107 Å². The summed E-state index contributed by atoms with van der Waals surface area (Å²) in [5.41, 5.74) is 11.9. The Balaban J connectivity index is 0.00000108. The summed E-state index contributed by atoms with van der Waals surface area (Å²) in [6.07, 6.45) is 0. The van der Waals surface area contributed by atoms with E-state index in [-0.39, 0.29) is 43.1 Å². The number of aromatic nitrogens is 4. The van der Waals surface area contributed by atoms with E-state index >= 15 is 0 Å². The smallest absolute Gasteiger partial charge is 0.139 e. The Morgan fingerprint density at radius 2 is 1.35 bits per heavy atom. The van der Waals surface area contributed by atoms with Gasteiger partial charge in [-0.3, -0.25) is 5.41 Å². The quantitative estimate of drug-likeness (QED) is 0.161. The Kier molecular flexibility index (Phi) is 7.17. The first-order chi connectivity index (χ1) is 15.2. The maximum atomic E-state index is 7.63. The first kappa shape index (κ1) is 25.1. The number of fused-ring (bicyclic) bond motifs is 3. The molecule has 4 aromatic carbocycles. The number of nitrogens with zero attached hydrogens (tertiary/aromatic N) is 2. The number of benzene rings is 4. The van der Waals surface area contributed by atoms with Crippen LogP contribution in [0.1, 0.15) is 5.56 Å². The molecule has 2 aromatic heterocycles. The third-order valence-corrected chi connectivity index (χ3v) is 5.59. The van der Waals surface area contributed by atoms with E-state index in [0.29, 0.717) is 5.56 Å². The van der Waals surface area contributed by atoms with Crippen LogP contribution in [0.15, 0.2) is 78.9 Å². The van der Waals surface area contributed by atoms with Crippen molar-refractivity contribution < 1.29 is 0 Å². The highest BCUT2D eigenvalue weighted by atomic mass is 35.5. The van der Waals surface area contributed by atoms with Gasteiger partial charge in [0.2, 0.25) is 0 Å². The number of halogens is 3. The summed E-state index contributed by atoms with van der Waals surface area (Å²) in [6, 6.07) is 26.2. The Morgan fingerprint density at radius 3 is 2.15 bits per heavy atom. The van der Waals surface area contributed by atoms with Gasteiger partial charge in [-0.25, -0.2) is 9.97 Å². The van der Waals surface area contributed by atoms with Crippen molar-refractivity contribution >= 4 is 75.9 Å². The van der Waals surface area contributed by atoms with Gasteiger partial charge in [-0.15, -0.1) is 37.2 Å². The van der Waals surface area contributed by atoms with Crippen molar-refractivity contribution in [3.05, 3.63) is 84.4 Å². The van der Waals surface area contributed by atoms with Gasteiger partial charge in [0.1, 0.15) is 17.5 Å². The molecule has 0 aliphatic carbocycles. The molecule has 34 heavy (non-hydrogen) atoms. The summed E-state index contributed by atoms with van der Waals surface area (Å²) in [4.78, 5) is 16.3. The summed E-state index contributed by atoms with van der Waals surface area (Å²) in [6.45, 7) is 0. The third-order valence-electron chi connectivity index (χ3n) is 5.59. The molecule has 0 fully saturated rings. The van der Waals surface area contributed by atoms with Crippen molar-refractivity contribution in [2.24, 2.45) is 5.73 Å². The monoisotopic (exact) mass is 510 g/mol. The highest BCUT2D eigenvalue weighted by molar-refractivity contribution is 5.99. The van der Waals surface area contributed by atoms with E-state index in [9.17, 15) is 0 Å². The highest BCUT2D eigenvalue weighted by Gasteiger charge is 2.12. The minimum Gasteiger partial charge on any atom is -0.384 e. The lowest BCUT2D eigenvalue weighted by Gasteiger charge is -2.03. The minimum absolute atomic E-state index is 0. The fraction of sp³-hybridized carbons (Fsp3) is 0. The SMILES string of the molecule is Cl.Cl.Cl.N=C(N)c1ccc2nc(-c3ccc4nc(-c5cccc6ccccc56)[nH]c4c3)[nH]c2c1. The number of imidazole rings is 2. The molecule has 6 rings (SSSR count). The van der Waals surface area contributed by atoms with Crippen molar-refractivity contribution in [2.75, 3.05) is 0 Å². The second-order valence-electron chi connectivity index (χ2n) is 7.58. The fourth-order valence-electron chi connectivity index (χ4n) is 4.03. The Bertz CT molecular complexity index is 1630. The molecule has 0 spiro atoms. The van der Waals surface area contributed by atoms with Gasteiger partial charge in [0.25, 0.3) is 0 Å². The van der Waals surface area contributed by atoms with Crippen LogP contribution < -0.4 is 5.73 Å². The Morgan fingerprint density at radius 1 is 0.706 bits per heavy atom. The molecule has 0 saturated heterocycles. The number of nitrogen functional groups attached to an aromatic ring is 1. The second-order valence-corrected chi connectivity index (χ2v) is 7.58. The molecule has 6 nitrogen and oxygen atoms in total. The van der Waals surface area contributed by atoms with Crippen LogP contribution in [-0.4, -0.2) is 25.8 Å². The second kappa shape index (κ2) is 9.73. The van der Waals surface area contributed by atoms with Crippen LogP contribution in [0.2, 0.25) is 0 Å². The van der Waals surface area contributed by atoms with E-state index in [1.165, 1.54) is 10.8 Å². The van der Waals surface area contributed by atoms with Gasteiger partial charge in [0.15, 0.2) is 0 Å². The molecule has 0 aliphatic heterocycles. The minimum atomic E-state index is 0. The van der Waals surface area contributed by atoms with Crippen molar-refractivity contribution in [3.8, 4) is 22.8 Å². The van der Waals surface area contributed by atoms with E-state index in [1.807, 2.05) is 42.5 Å². The lowest BCUT2D eigenvalue weighted by Crippen LogP contribution is -2.10. The number of nitrogens with one attached hydrogen (secondary N) is 3. The average molecular weight is 512 g/mol. The number of hydrogen-bond donors (Lipinski definition) is 4. The van der Waals surface area contributed by atoms with Gasteiger partial charge >= 0.3 is 0 Å². The van der Waals surface area contributed by atoms with Crippen molar-refractivity contribution in [1.82, 2.24) is 19.9 Å². The Hall–Kier alpha value is -3.58. The van der Waals surface area contributed by atoms with Gasteiger partial charge in [-0.05, 0) is 47.2 Å². The summed E-state index contributed by atoms with van der Waals surface area (Å²) in [5.74, 6) is 1.65. The number of aromatic amines is 2. The van der Waals surface area contributed by atoms with Crippen LogP contribution in [0.25, 0.3) is 55.6 Å². The summed E-state index contributed by atoms with van der Waals surface area (Å²) < 4.78 is 0. The number of hydrogen-bond acceptors (Lipinski definition) is 3. The largest absolute Gasteiger partial charge is 0.384 e. The predicted molar refractivity (Wildman–Crippen MR) is 147 cm³/mol. The molecule has 0 atom stereocenters. The van der Waals surface area contributed by atoms with Gasteiger partial charge < -0.3 is 15.7 Å². The van der Waals surface area contributed by atoms with E-state index in [2.05, 4.69) is 46.4 Å². The Labute approximate surface area is 213 Å². The molecule has 0 unspecified atom stereocenters. The van der Waals surface area contributed by atoms with Crippen LogP contribution in [0.3, 0.4) is 0 Å². The van der Waals surface area contributed by atoms with Crippen LogP contribution in [0.4, 0.5) is 0 Å². The van der Waals surface area contributed by atoms with Crippen LogP contribution in [0, 0.1) is 5.41 Å². The zero-order chi connectivity index (χ0) is 20.9. The molecule has 0 aliphatic rings. The summed E-state index contributed by atoms with van der Waals surface area (Å²) >= 11 is 0. The number of H-pyrrole nitrogens is 2. The third kappa shape index (κ3) is 4.19. The van der Waals surface area contributed by atoms with Crippen molar-refractivity contribution in [1.29, 1.82) is 5.41 Å². The van der Waals surface area contributed by atoms with Gasteiger partial charge in [0.05, 0.1) is 22.1 Å². The molecule has 0 bridgehead atoms. The average Bonchev–Trinajstić information content (AvgIpc) is 3.41. The lowest BCUT2D eigenvalue weighted by molar-refractivity contribution is 1.33. The molecule has 6 aromatic rings. The maximum absolute atomic E-state index is 7.63. The number of amidine groups is 1. The standard InChI is InChI=1S/C25H18N6.3ClH/c26-23(27)15-8-10-19-21(12-15)30-24(28-19)16-9-11-20-22(13-16)31-25(29-20)18-7-3-5-14-4-1-2-6-17(14)18;;;/h1-13H,(H3,26,27)(H,28,30)(H,29,31);3*1H. The normalized spacial score (nSPS) is 10.5. The van der Waals surface area contributed by atoms with Gasteiger partial charge in [0, 0.05) is 16.7 Å². The van der Waals surface area contributed by atoms with E-state index < -0.39 is 0 Å². The molecular weight excluding hydrogens is 491 g/mol. The fourth-order valence-corrected chi connectivity index (χ4v) is 4.03. The molecule has 5 N–H and O–H groups in total. The number of rotatable bonds is 3. The summed E-state index contributed by atoms with van der Waals surface area (Å²) in [5, 5.41) is 9.99. The zero-order valence-electron chi connectivity index (χ0n) is 17.7. The molecule has 172 valence electrons. The maximum Gasteiger partial charge on any atom is 0.139 e. The van der Waals surface area contributed by atoms with Crippen LogP contribution in [-0.2, 0) is 0 Å². The molecule has 0 radical (unpaired) electrons. The predicted octanol–water partition coefficient (Wildman–Crippen LogP) is 6.48. The number of nitrogens with two attached hydrogens (primary N) is 1. The van der Waals surface area contributed by atoms with Gasteiger partial charge in [-0.1, -0.05) is 42.5 Å². The van der Waals surface area contributed by atoms with Crippen molar-refractivity contribution in [2.45, 2.75) is 0 Å². The van der Waals surface area contributed by atoms with E-state index in [0.717, 1.165) is 44.8 Å². The van der Waals surface area contributed by atoms with Gasteiger partial charge in [-0.2, -0.15) is 0 Å². The molecular formula is C25H21Cl3N6. The molecule has 0 amide bonds. The van der Waals surface area contributed by atoms with E-state index in [1.54, 1.807) is 0 Å². The van der Waals surface area contributed by atoms with Crippen LogP contribution >= 0.6 is 37.2 Å². The molecule has 0 saturated carbocycles. The summed E-state index contributed by atoms with van der Waals surface area (Å²) in [7, 11) is 0.